The number of ether oxygens (including phenoxy) is 3. The third-order valence-electron chi connectivity index (χ3n) is 9.04. The molecule has 270 valence electrons. The van der Waals surface area contributed by atoms with E-state index in [1.54, 1.807) is 28.6 Å². The van der Waals surface area contributed by atoms with Crippen molar-refractivity contribution >= 4 is 23.5 Å². The topological polar surface area (TPSA) is 133 Å². The number of hydrogen-bond donors (Lipinski definition) is 3. The smallest absolute Gasteiger partial charge is 0.319 e. The minimum atomic E-state index is -0.621. The van der Waals surface area contributed by atoms with E-state index >= 15 is 0 Å². The molecule has 3 N–H and O–H groups in total. The van der Waals surface area contributed by atoms with Crippen molar-refractivity contribution in [3.8, 4) is 22.6 Å². The number of tetrazole rings is 1. The molecular formula is C41H40N6O5S. The van der Waals surface area contributed by atoms with Crippen LogP contribution in [0.5, 0.6) is 11.5 Å². The molecule has 0 radical (unpaired) electrons. The summed E-state index contributed by atoms with van der Waals surface area (Å²) in [5.74, 6) is 2.09. The number of hydrogen-bond acceptors (Lipinski definition) is 9. The highest BCUT2D eigenvalue weighted by Crippen LogP contribution is 2.43. The normalized spacial score (nSPS) is 18.3. The summed E-state index contributed by atoms with van der Waals surface area (Å²) in [6.07, 6.45) is -1.03. The molecule has 1 saturated heterocycles. The summed E-state index contributed by atoms with van der Waals surface area (Å²) in [5.41, 5.74) is 6.37. The first-order valence-corrected chi connectivity index (χ1v) is 18.3. The number of aliphatic hydroxyl groups excluding tert-OH is 1. The van der Waals surface area contributed by atoms with Crippen LogP contribution in [0.25, 0.3) is 11.1 Å². The zero-order chi connectivity index (χ0) is 36.6. The summed E-state index contributed by atoms with van der Waals surface area (Å²) in [7, 11) is 1.82. The number of aryl methyl sites for hydroxylation is 1. The number of anilines is 1. The van der Waals surface area contributed by atoms with Gasteiger partial charge in [0.2, 0.25) is 5.16 Å². The summed E-state index contributed by atoms with van der Waals surface area (Å²) in [6.45, 7) is 2.46. The van der Waals surface area contributed by atoms with Crippen molar-refractivity contribution in [3.63, 3.8) is 0 Å². The predicted molar refractivity (Wildman–Crippen MR) is 203 cm³/mol. The Kier molecular flexibility index (Phi) is 11.4. The van der Waals surface area contributed by atoms with Gasteiger partial charge >= 0.3 is 6.03 Å². The van der Waals surface area contributed by atoms with Crippen molar-refractivity contribution in [2.45, 2.75) is 43.7 Å². The second-order valence-corrected chi connectivity index (χ2v) is 13.8. The molecule has 0 spiro atoms. The number of carbonyl (C=O) groups is 1. The van der Waals surface area contributed by atoms with Crippen molar-refractivity contribution in [1.29, 1.82) is 0 Å². The number of aromatic nitrogens is 4. The van der Waals surface area contributed by atoms with Gasteiger partial charge in [-0.2, -0.15) is 0 Å². The Labute approximate surface area is 312 Å². The van der Waals surface area contributed by atoms with Crippen molar-refractivity contribution < 1.29 is 24.1 Å². The van der Waals surface area contributed by atoms with E-state index in [0.29, 0.717) is 28.9 Å². The minimum Gasteiger partial charge on any atom is -0.457 e. The molecule has 0 bridgehead atoms. The van der Waals surface area contributed by atoms with E-state index in [0.717, 1.165) is 39.1 Å². The molecule has 1 aliphatic rings. The first-order valence-electron chi connectivity index (χ1n) is 17.3. The standard InChI is InChI=1S/C41H40N6O5S/c1-27-37(26-53-41-44-45-46-47(41)2)51-39(52-38(27)30-16-14-28(25-48)15-17-30)33-11-7-10-32(23-33)31-9-6-8-29(22-31)24-42-40(49)43-34-18-20-36(21-19-34)50-35-12-4-3-5-13-35/h3-23,27,37-39,48H,24-26H2,1-2H3,(H2,42,43,49)/t27-,37+,38+,39+/m1/s1. The van der Waals surface area contributed by atoms with Gasteiger partial charge < -0.3 is 30.0 Å². The van der Waals surface area contributed by atoms with E-state index in [9.17, 15) is 9.90 Å². The van der Waals surface area contributed by atoms with Crippen LogP contribution in [0.2, 0.25) is 0 Å². The van der Waals surface area contributed by atoms with Gasteiger partial charge in [-0.25, -0.2) is 9.48 Å². The second-order valence-electron chi connectivity index (χ2n) is 12.8. The SMILES string of the molecule is C[C@@H]1[C@H](CSc2nnnn2C)O[C@H](c2cccc(-c3cccc(CNC(=O)Nc4ccc(Oc5ccccc5)cc4)c3)c2)O[C@@H]1c1ccc(CO)cc1. The number of nitrogens with one attached hydrogen (secondary N) is 2. The highest BCUT2D eigenvalue weighted by Gasteiger charge is 2.38. The van der Waals surface area contributed by atoms with Gasteiger partial charge in [0.25, 0.3) is 0 Å². The Bertz CT molecular complexity index is 2110. The molecular weight excluding hydrogens is 689 g/mol. The Morgan fingerprint density at radius 2 is 1.57 bits per heavy atom. The fraction of sp³-hybridized carbons (Fsp3) is 0.220. The van der Waals surface area contributed by atoms with Crippen LogP contribution in [0.15, 0.2) is 133 Å². The number of aliphatic hydroxyl groups is 1. The Balaban J connectivity index is 1.02. The lowest BCUT2D eigenvalue weighted by molar-refractivity contribution is -0.268. The molecule has 53 heavy (non-hydrogen) atoms. The van der Waals surface area contributed by atoms with Crippen LogP contribution in [0.4, 0.5) is 10.5 Å². The molecule has 7 rings (SSSR count). The Morgan fingerprint density at radius 3 is 2.30 bits per heavy atom. The lowest BCUT2D eigenvalue weighted by Gasteiger charge is -2.41. The number of benzene rings is 5. The van der Waals surface area contributed by atoms with E-state index in [1.165, 1.54) is 0 Å². The van der Waals surface area contributed by atoms with E-state index in [1.807, 2.05) is 104 Å². The Morgan fingerprint density at radius 1 is 0.830 bits per heavy atom. The fourth-order valence-corrected chi connectivity index (χ4v) is 7.14. The van der Waals surface area contributed by atoms with Gasteiger partial charge in [0, 0.05) is 36.5 Å². The number of carbonyl (C=O) groups excluding carboxylic acids is 1. The molecule has 12 heteroatoms. The Hall–Kier alpha value is -5.53. The van der Waals surface area contributed by atoms with Crippen LogP contribution >= 0.6 is 11.8 Å². The van der Waals surface area contributed by atoms with Crippen LogP contribution in [0.1, 0.15) is 41.6 Å². The maximum absolute atomic E-state index is 12.8. The fourth-order valence-electron chi connectivity index (χ4n) is 6.12. The highest BCUT2D eigenvalue weighted by atomic mass is 32.2. The number of urea groups is 1. The van der Waals surface area contributed by atoms with Gasteiger partial charge in [0.05, 0.1) is 18.8 Å². The van der Waals surface area contributed by atoms with Crippen LogP contribution < -0.4 is 15.4 Å². The molecule has 2 heterocycles. The lowest BCUT2D eigenvalue weighted by Crippen LogP contribution is -2.38. The molecule has 4 atom stereocenters. The van der Waals surface area contributed by atoms with E-state index in [2.05, 4.69) is 51.3 Å². The van der Waals surface area contributed by atoms with E-state index in [-0.39, 0.29) is 30.8 Å². The van der Waals surface area contributed by atoms with E-state index < -0.39 is 6.29 Å². The average molecular weight is 729 g/mol. The molecule has 0 aliphatic carbocycles. The highest BCUT2D eigenvalue weighted by molar-refractivity contribution is 7.99. The molecule has 1 aromatic heterocycles. The third kappa shape index (κ3) is 9.10. The number of rotatable bonds is 12. The van der Waals surface area contributed by atoms with Crippen molar-refractivity contribution in [1.82, 2.24) is 25.5 Å². The van der Waals surface area contributed by atoms with Gasteiger partial charge in [-0.15, -0.1) is 5.10 Å². The maximum atomic E-state index is 12.8. The molecule has 1 fully saturated rings. The lowest BCUT2D eigenvalue weighted by atomic mass is 9.91. The molecule has 5 aromatic carbocycles. The predicted octanol–water partition coefficient (Wildman–Crippen LogP) is 8.07. The van der Waals surface area contributed by atoms with Crippen molar-refractivity contribution in [3.05, 3.63) is 150 Å². The van der Waals surface area contributed by atoms with E-state index in [4.69, 9.17) is 14.2 Å². The second kappa shape index (κ2) is 16.9. The molecule has 0 unspecified atom stereocenters. The number of amides is 2. The van der Waals surface area contributed by atoms with Gasteiger partial charge in [0.1, 0.15) is 11.5 Å². The zero-order valence-corrected chi connectivity index (χ0v) is 30.1. The third-order valence-corrected chi connectivity index (χ3v) is 10.1. The summed E-state index contributed by atoms with van der Waals surface area (Å²) in [4.78, 5) is 12.8. The van der Waals surface area contributed by atoms with Crippen molar-refractivity contribution in [2.75, 3.05) is 11.1 Å². The zero-order valence-electron chi connectivity index (χ0n) is 29.3. The number of nitrogens with zero attached hydrogens (tertiary/aromatic N) is 4. The molecule has 0 saturated carbocycles. The average Bonchev–Trinajstić information content (AvgIpc) is 3.62. The van der Waals surface area contributed by atoms with Crippen LogP contribution in [0, 0.1) is 5.92 Å². The van der Waals surface area contributed by atoms with Crippen molar-refractivity contribution in [2.24, 2.45) is 13.0 Å². The van der Waals surface area contributed by atoms with Gasteiger partial charge in [0.15, 0.2) is 6.29 Å². The largest absolute Gasteiger partial charge is 0.457 e. The molecule has 11 nitrogen and oxygen atoms in total. The molecule has 2 amide bonds. The molecule has 6 aromatic rings. The minimum absolute atomic E-state index is 0.0180. The quantitative estimate of drug-likeness (QED) is 0.107. The summed E-state index contributed by atoms with van der Waals surface area (Å²) < 4.78 is 20.8. The monoisotopic (exact) mass is 728 g/mol. The first-order chi connectivity index (χ1) is 25.9. The summed E-state index contributed by atoms with van der Waals surface area (Å²) in [5, 5.41) is 28.0. The maximum Gasteiger partial charge on any atom is 0.319 e. The molecule has 1 aliphatic heterocycles. The van der Waals surface area contributed by atoms with Crippen LogP contribution in [-0.2, 0) is 29.7 Å². The summed E-state index contributed by atoms with van der Waals surface area (Å²) >= 11 is 1.55. The number of thioether (sulfide) groups is 1. The van der Waals surface area contributed by atoms with Gasteiger partial charge in [-0.3, -0.25) is 0 Å². The number of para-hydroxylation sites is 1. The van der Waals surface area contributed by atoms with Crippen LogP contribution in [-0.4, -0.2) is 43.2 Å². The van der Waals surface area contributed by atoms with Crippen LogP contribution in [0.3, 0.4) is 0 Å². The first kappa shape index (κ1) is 35.9. The summed E-state index contributed by atoms with van der Waals surface area (Å²) in [6, 6.07) is 40.6. The van der Waals surface area contributed by atoms with Gasteiger partial charge in [-0.1, -0.05) is 97.5 Å². The van der Waals surface area contributed by atoms with Gasteiger partial charge in [-0.05, 0) is 86.8 Å².